The van der Waals surface area contributed by atoms with Gasteiger partial charge in [-0.3, -0.25) is 0 Å². The fraction of sp³-hybridized carbons (Fsp3) is 0.0588. The van der Waals surface area contributed by atoms with E-state index in [2.05, 4.69) is 15.3 Å². The van der Waals surface area contributed by atoms with E-state index in [1.807, 2.05) is 48.5 Å². The van der Waals surface area contributed by atoms with Gasteiger partial charge in [0.1, 0.15) is 17.2 Å². The van der Waals surface area contributed by atoms with Crippen LogP contribution in [0.5, 0.6) is 17.2 Å². The molecule has 0 unspecified atom stereocenters. The molecule has 5 heteroatoms. The Bertz CT molecular complexity index is 730. The maximum Gasteiger partial charge on any atom is 0.227 e. The number of benzene rings is 2. The Kier molecular flexibility index (Phi) is 4.15. The maximum atomic E-state index is 5.79. The molecule has 0 fully saturated rings. The summed E-state index contributed by atoms with van der Waals surface area (Å²) in [5.74, 6) is 2.79. The summed E-state index contributed by atoms with van der Waals surface area (Å²) in [6, 6.07) is 16.8. The molecular weight excluding hydrogens is 278 g/mol. The largest absolute Gasteiger partial charge is 0.497 e. The van der Waals surface area contributed by atoms with Crippen LogP contribution >= 0.6 is 0 Å². The van der Waals surface area contributed by atoms with E-state index < -0.39 is 0 Å². The predicted octanol–water partition coefficient (Wildman–Crippen LogP) is 4.02. The van der Waals surface area contributed by atoms with Gasteiger partial charge < -0.3 is 14.8 Å². The first-order chi connectivity index (χ1) is 10.8. The molecule has 5 nitrogen and oxygen atoms in total. The van der Waals surface area contributed by atoms with Crippen molar-refractivity contribution in [2.45, 2.75) is 0 Å². The zero-order chi connectivity index (χ0) is 15.2. The van der Waals surface area contributed by atoms with E-state index in [0.717, 1.165) is 22.9 Å². The van der Waals surface area contributed by atoms with Crippen LogP contribution in [-0.4, -0.2) is 17.1 Å². The number of hydrogen-bond acceptors (Lipinski definition) is 5. The fourth-order valence-electron chi connectivity index (χ4n) is 1.90. The van der Waals surface area contributed by atoms with E-state index in [4.69, 9.17) is 9.47 Å². The van der Waals surface area contributed by atoms with Gasteiger partial charge in [0.15, 0.2) is 0 Å². The Balaban J connectivity index is 1.68. The molecule has 0 spiro atoms. The topological polar surface area (TPSA) is 56.3 Å². The number of nitrogens with zero attached hydrogens (tertiary/aromatic N) is 2. The minimum absolute atomic E-state index is 0.559. The summed E-state index contributed by atoms with van der Waals surface area (Å²) in [6.45, 7) is 0. The summed E-state index contributed by atoms with van der Waals surface area (Å²) in [7, 11) is 1.63. The van der Waals surface area contributed by atoms with Crippen LogP contribution in [0.1, 0.15) is 0 Å². The van der Waals surface area contributed by atoms with Crippen molar-refractivity contribution < 1.29 is 9.47 Å². The molecule has 110 valence electrons. The molecule has 0 aliphatic heterocycles. The van der Waals surface area contributed by atoms with Crippen molar-refractivity contribution in [2.24, 2.45) is 0 Å². The van der Waals surface area contributed by atoms with Gasteiger partial charge in [-0.15, -0.1) is 0 Å². The Morgan fingerprint density at radius 3 is 2.27 bits per heavy atom. The van der Waals surface area contributed by atoms with Crippen molar-refractivity contribution in [3.63, 3.8) is 0 Å². The first kappa shape index (κ1) is 13.9. The zero-order valence-electron chi connectivity index (χ0n) is 12.1. The van der Waals surface area contributed by atoms with Crippen LogP contribution in [0.25, 0.3) is 0 Å². The third-order valence-electron chi connectivity index (χ3n) is 2.95. The van der Waals surface area contributed by atoms with Gasteiger partial charge in [-0.25, -0.2) is 9.97 Å². The van der Waals surface area contributed by atoms with Crippen molar-refractivity contribution in [1.82, 2.24) is 9.97 Å². The average molecular weight is 293 g/mol. The molecule has 0 saturated heterocycles. The van der Waals surface area contributed by atoms with E-state index in [1.165, 1.54) is 0 Å². The Labute approximate surface area is 128 Å². The highest BCUT2D eigenvalue weighted by Gasteiger charge is 2.01. The smallest absolute Gasteiger partial charge is 0.227 e. The average Bonchev–Trinajstić information content (AvgIpc) is 2.58. The van der Waals surface area contributed by atoms with Crippen LogP contribution in [-0.2, 0) is 0 Å². The summed E-state index contributed by atoms with van der Waals surface area (Å²) in [5, 5.41) is 3.12. The van der Waals surface area contributed by atoms with Gasteiger partial charge in [0.25, 0.3) is 0 Å². The van der Waals surface area contributed by atoms with Crippen molar-refractivity contribution in [3.05, 3.63) is 67.0 Å². The number of anilines is 2. The summed E-state index contributed by atoms with van der Waals surface area (Å²) in [4.78, 5) is 8.23. The molecule has 2 aromatic carbocycles. The highest BCUT2D eigenvalue weighted by atomic mass is 16.5. The maximum absolute atomic E-state index is 5.79. The van der Waals surface area contributed by atoms with E-state index in [9.17, 15) is 0 Å². The van der Waals surface area contributed by atoms with E-state index in [1.54, 1.807) is 25.6 Å². The third-order valence-corrected chi connectivity index (χ3v) is 2.95. The normalized spacial score (nSPS) is 10.0. The van der Waals surface area contributed by atoms with Crippen LogP contribution in [0.4, 0.5) is 11.6 Å². The predicted molar refractivity (Wildman–Crippen MR) is 84.8 cm³/mol. The van der Waals surface area contributed by atoms with Crippen LogP contribution in [0.3, 0.4) is 0 Å². The van der Waals surface area contributed by atoms with Crippen molar-refractivity contribution in [3.8, 4) is 17.2 Å². The van der Waals surface area contributed by atoms with Gasteiger partial charge in [-0.05, 0) is 42.5 Å². The summed E-state index contributed by atoms with van der Waals surface area (Å²) in [5.41, 5.74) is 0.893. The van der Waals surface area contributed by atoms with Crippen molar-refractivity contribution >= 4 is 11.6 Å². The van der Waals surface area contributed by atoms with Gasteiger partial charge in [0.2, 0.25) is 5.95 Å². The Morgan fingerprint density at radius 2 is 1.55 bits per heavy atom. The highest BCUT2D eigenvalue weighted by molar-refractivity contribution is 5.54. The molecule has 0 amide bonds. The molecule has 3 aromatic rings. The van der Waals surface area contributed by atoms with Crippen molar-refractivity contribution in [2.75, 3.05) is 12.4 Å². The molecule has 0 bridgehead atoms. The zero-order valence-corrected chi connectivity index (χ0v) is 12.1. The molecule has 0 saturated carbocycles. The lowest BCUT2D eigenvalue weighted by molar-refractivity contribution is 0.409. The number of ether oxygens (including phenoxy) is 2. The van der Waals surface area contributed by atoms with Gasteiger partial charge in [-0.1, -0.05) is 6.07 Å². The van der Waals surface area contributed by atoms with E-state index in [-0.39, 0.29) is 0 Å². The summed E-state index contributed by atoms with van der Waals surface area (Å²) in [6.07, 6.45) is 3.38. The minimum atomic E-state index is 0.559. The molecule has 0 radical (unpaired) electrons. The lowest BCUT2D eigenvalue weighted by atomic mass is 10.3. The Hall–Kier alpha value is -3.08. The fourth-order valence-corrected chi connectivity index (χ4v) is 1.90. The van der Waals surface area contributed by atoms with Crippen LogP contribution < -0.4 is 14.8 Å². The molecule has 22 heavy (non-hydrogen) atoms. The molecule has 0 aliphatic rings. The van der Waals surface area contributed by atoms with Gasteiger partial charge >= 0.3 is 0 Å². The third kappa shape index (κ3) is 3.52. The minimum Gasteiger partial charge on any atom is -0.497 e. The molecule has 1 aromatic heterocycles. The van der Waals surface area contributed by atoms with Crippen LogP contribution in [0.15, 0.2) is 67.0 Å². The quantitative estimate of drug-likeness (QED) is 0.770. The summed E-state index contributed by atoms with van der Waals surface area (Å²) >= 11 is 0. The second kappa shape index (κ2) is 6.58. The first-order valence-electron chi connectivity index (χ1n) is 6.79. The second-order valence-corrected chi connectivity index (χ2v) is 4.50. The molecular formula is C17H15N3O2. The van der Waals surface area contributed by atoms with Crippen molar-refractivity contribution in [1.29, 1.82) is 0 Å². The number of rotatable bonds is 5. The second-order valence-electron chi connectivity index (χ2n) is 4.50. The van der Waals surface area contributed by atoms with Gasteiger partial charge in [0.05, 0.1) is 7.11 Å². The van der Waals surface area contributed by atoms with E-state index in [0.29, 0.717) is 5.95 Å². The van der Waals surface area contributed by atoms with E-state index >= 15 is 0 Å². The molecule has 1 heterocycles. The first-order valence-corrected chi connectivity index (χ1v) is 6.79. The summed E-state index contributed by atoms with van der Waals surface area (Å²) < 4.78 is 11.0. The van der Waals surface area contributed by atoms with Crippen LogP contribution in [0, 0.1) is 0 Å². The van der Waals surface area contributed by atoms with Gasteiger partial charge in [-0.2, -0.15) is 0 Å². The molecule has 3 rings (SSSR count). The van der Waals surface area contributed by atoms with Gasteiger partial charge in [0, 0.05) is 24.1 Å². The number of hydrogen-bond donors (Lipinski definition) is 1. The number of aromatic nitrogens is 2. The lowest BCUT2D eigenvalue weighted by Crippen LogP contribution is -1.95. The molecule has 1 N–H and O–H groups in total. The molecule has 0 aliphatic carbocycles. The highest BCUT2D eigenvalue weighted by Crippen LogP contribution is 2.26. The SMILES string of the molecule is COc1cccc(Oc2ccc(Nc3ncccn3)cc2)c1. The number of methoxy groups -OCH3 is 1. The Morgan fingerprint density at radius 1 is 0.818 bits per heavy atom. The molecule has 0 atom stereocenters. The number of nitrogens with one attached hydrogen (secondary N) is 1. The monoisotopic (exact) mass is 293 g/mol. The van der Waals surface area contributed by atoms with Crippen LogP contribution in [0.2, 0.25) is 0 Å². The lowest BCUT2D eigenvalue weighted by Gasteiger charge is -2.08. The standard InChI is InChI=1S/C17H15N3O2/c1-21-15-4-2-5-16(12-15)22-14-8-6-13(7-9-14)20-17-18-10-3-11-19-17/h2-12H,1H3,(H,18,19,20).